The Morgan fingerprint density at radius 3 is 2.62 bits per heavy atom. The van der Waals surface area contributed by atoms with E-state index in [-0.39, 0.29) is 0 Å². The van der Waals surface area contributed by atoms with Gasteiger partial charge in [-0.2, -0.15) is 15.0 Å². The number of aryl methyl sites for hydroxylation is 1. The van der Waals surface area contributed by atoms with Gasteiger partial charge in [-0.15, -0.1) is 5.10 Å². The van der Waals surface area contributed by atoms with Crippen LogP contribution in [0.4, 0.5) is 11.9 Å². The van der Waals surface area contributed by atoms with Gasteiger partial charge in [-0.3, -0.25) is 5.43 Å². The van der Waals surface area contributed by atoms with E-state index in [4.69, 9.17) is 5.84 Å². The van der Waals surface area contributed by atoms with Crippen molar-refractivity contribution in [3.63, 3.8) is 0 Å². The van der Waals surface area contributed by atoms with Crippen LogP contribution in [0.25, 0.3) is 0 Å². The summed E-state index contributed by atoms with van der Waals surface area (Å²) in [6.45, 7) is 1.90. The van der Waals surface area contributed by atoms with Crippen molar-refractivity contribution < 1.29 is 0 Å². The molecule has 0 aliphatic carbocycles. The van der Waals surface area contributed by atoms with Crippen molar-refractivity contribution >= 4 is 23.7 Å². The Balaban J connectivity index is 1.87. The minimum Gasteiger partial charge on any atom is -0.341 e. The van der Waals surface area contributed by atoms with Crippen molar-refractivity contribution in [3.8, 4) is 0 Å². The monoisotopic (exact) mass is 308 g/mol. The number of hydrogen-bond acceptors (Lipinski definition) is 10. The van der Waals surface area contributed by atoms with Crippen molar-refractivity contribution in [1.29, 1.82) is 0 Å². The Morgan fingerprint density at radius 2 is 1.95 bits per heavy atom. The topological polar surface area (TPSA) is 124 Å². The Hall–Kier alpha value is -2.01. The molecule has 3 heterocycles. The molecule has 1 fully saturated rings. The predicted molar refractivity (Wildman–Crippen MR) is 76.6 cm³/mol. The summed E-state index contributed by atoms with van der Waals surface area (Å²) in [4.78, 5) is 15.2. The quantitative estimate of drug-likeness (QED) is 0.580. The molecule has 0 unspecified atom stereocenters. The van der Waals surface area contributed by atoms with Crippen molar-refractivity contribution in [2.24, 2.45) is 12.9 Å². The van der Waals surface area contributed by atoms with E-state index in [0.29, 0.717) is 22.2 Å². The lowest BCUT2D eigenvalue weighted by molar-refractivity contribution is 0.565. The van der Waals surface area contributed by atoms with E-state index in [1.165, 1.54) is 18.2 Å². The van der Waals surface area contributed by atoms with Crippen LogP contribution in [0.1, 0.15) is 19.3 Å². The predicted octanol–water partition coefficient (Wildman–Crippen LogP) is -0.178. The highest BCUT2D eigenvalue weighted by Gasteiger charge is 2.17. The molecule has 112 valence electrons. The molecule has 3 rings (SSSR count). The van der Waals surface area contributed by atoms with Crippen LogP contribution in [-0.2, 0) is 7.05 Å². The highest BCUT2D eigenvalue weighted by molar-refractivity contribution is 7.99. The van der Waals surface area contributed by atoms with Gasteiger partial charge in [0.25, 0.3) is 0 Å². The first-order valence-electron chi connectivity index (χ1n) is 6.64. The summed E-state index contributed by atoms with van der Waals surface area (Å²) in [6.07, 6.45) is 3.54. The average Bonchev–Trinajstić information content (AvgIpc) is 2.93. The molecule has 2 aromatic rings. The van der Waals surface area contributed by atoms with Gasteiger partial charge in [0.1, 0.15) is 0 Å². The molecule has 2 aromatic heterocycles. The second kappa shape index (κ2) is 6.18. The van der Waals surface area contributed by atoms with E-state index in [1.807, 2.05) is 0 Å². The van der Waals surface area contributed by atoms with Crippen molar-refractivity contribution in [1.82, 2.24) is 35.2 Å². The fourth-order valence-corrected chi connectivity index (χ4v) is 2.75. The molecule has 1 aliphatic rings. The number of nitrogen functional groups attached to an aromatic ring is 1. The minimum atomic E-state index is 0.336. The highest BCUT2D eigenvalue weighted by atomic mass is 32.2. The van der Waals surface area contributed by atoms with Crippen molar-refractivity contribution in [2.45, 2.75) is 29.6 Å². The van der Waals surface area contributed by atoms with Crippen LogP contribution in [-0.4, -0.2) is 48.2 Å². The second-order valence-corrected chi connectivity index (χ2v) is 5.56. The lowest BCUT2D eigenvalue weighted by atomic mass is 10.1. The summed E-state index contributed by atoms with van der Waals surface area (Å²) >= 11 is 1.27. The molecule has 10 nitrogen and oxygen atoms in total. The number of hydrogen-bond donors (Lipinski definition) is 2. The average molecular weight is 308 g/mol. The first kappa shape index (κ1) is 13.9. The summed E-state index contributed by atoms with van der Waals surface area (Å²) in [5.74, 6) is 6.42. The maximum absolute atomic E-state index is 5.44. The van der Waals surface area contributed by atoms with E-state index < -0.39 is 0 Å². The molecule has 1 aliphatic heterocycles. The van der Waals surface area contributed by atoms with Crippen LogP contribution in [0, 0.1) is 0 Å². The standard InChI is InChI=1S/C10H16N10S/c1-19-10(16-17-18-19)21-9-13-7(15-11)12-8(14-9)20-5-3-2-4-6-20/h2-6,11H2,1H3,(H,12,13,14,15). The van der Waals surface area contributed by atoms with Gasteiger partial charge < -0.3 is 4.90 Å². The normalized spacial score (nSPS) is 15.2. The number of nitrogens with two attached hydrogens (primary N) is 1. The zero-order valence-electron chi connectivity index (χ0n) is 11.6. The molecule has 0 saturated carbocycles. The van der Waals surface area contributed by atoms with Crippen LogP contribution >= 0.6 is 11.8 Å². The lowest BCUT2D eigenvalue weighted by Crippen LogP contribution is -2.31. The first-order valence-corrected chi connectivity index (χ1v) is 7.46. The van der Waals surface area contributed by atoms with E-state index in [9.17, 15) is 0 Å². The molecule has 11 heteroatoms. The number of rotatable bonds is 4. The molecule has 1 saturated heterocycles. The van der Waals surface area contributed by atoms with Gasteiger partial charge in [0.05, 0.1) is 0 Å². The summed E-state index contributed by atoms with van der Waals surface area (Å²) < 4.78 is 1.56. The molecule has 0 atom stereocenters. The smallest absolute Gasteiger partial charge is 0.242 e. The molecular formula is C10H16N10S. The first-order chi connectivity index (χ1) is 10.3. The maximum Gasteiger partial charge on any atom is 0.242 e. The Bertz CT molecular complexity index is 608. The minimum absolute atomic E-state index is 0.336. The largest absolute Gasteiger partial charge is 0.341 e. The van der Waals surface area contributed by atoms with Gasteiger partial charge in [-0.05, 0) is 41.5 Å². The number of aromatic nitrogens is 7. The molecule has 0 amide bonds. The van der Waals surface area contributed by atoms with Crippen LogP contribution in [0.15, 0.2) is 10.3 Å². The fraction of sp³-hybridized carbons (Fsp3) is 0.600. The molecule has 0 spiro atoms. The van der Waals surface area contributed by atoms with Gasteiger partial charge in [0.2, 0.25) is 22.2 Å². The number of hydrazine groups is 1. The third kappa shape index (κ3) is 3.19. The number of anilines is 2. The van der Waals surface area contributed by atoms with Crippen molar-refractivity contribution in [2.75, 3.05) is 23.4 Å². The molecule has 21 heavy (non-hydrogen) atoms. The van der Waals surface area contributed by atoms with Crippen LogP contribution < -0.4 is 16.2 Å². The zero-order chi connectivity index (χ0) is 14.7. The summed E-state index contributed by atoms with van der Waals surface area (Å²) in [5, 5.41) is 12.4. The number of nitrogens with zero attached hydrogens (tertiary/aromatic N) is 8. The molecule has 3 N–H and O–H groups in total. The van der Waals surface area contributed by atoms with E-state index in [2.05, 4.69) is 40.8 Å². The molecule has 0 radical (unpaired) electrons. The third-order valence-electron chi connectivity index (χ3n) is 3.13. The zero-order valence-corrected chi connectivity index (χ0v) is 12.4. The summed E-state index contributed by atoms with van der Waals surface area (Å²) in [7, 11) is 1.76. The molecular weight excluding hydrogens is 292 g/mol. The van der Waals surface area contributed by atoms with Crippen LogP contribution in [0.2, 0.25) is 0 Å². The van der Waals surface area contributed by atoms with Crippen LogP contribution in [0.3, 0.4) is 0 Å². The lowest BCUT2D eigenvalue weighted by Gasteiger charge is -2.26. The number of tetrazole rings is 1. The fourth-order valence-electron chi connectivity index (χ4n) is 2.08. The van der Waals surface area contributed by atoms with E-state index in [1.54, 1.807) is 11.7 Å². The summed E-state index contributed by atoms with van der Waals surface area (Å²) in [5.41, 5.74) is 2.48. The van der Waals surface area contributed by atoms with Gasteiger partial charge in [-0.25, -0.2) is 10.5 Å². The molecule has 0 bridgehead atoms. The van der Waals surface area contributed by atoms with Crippen molar-refractivity contribution in [3.05, 3.63) is 0 Å². The highest BCUT2D eigenvalue weighted by Crippen LogP contribution is 2.24. The Morgan fingerprint density at radius 1 is 1.14 bits per heavy atom. The maximum atomic E-state index is 5.44. The Kier molecular flexibility index (Phi) is 4.10. The van der Waals surface area contributed by atoms with E-state index >= 15 is 0 Å². The number of piperidine rings is 1. The summed E-state index contributed by atoms with van der Waals surface area (Å²) in [6, 6.07) is 0. The molecule has 0 aromatic carbocycles. The Labute approximate surface area is 125 Å². The van der Waals surface area contributed by atoms with Crippen LogP contribution in [0.5, 0.6) is 0 Å². The van der Waals surface area contributed by atoms with Gasteiger partial charge >= 0.3 is 0 Å². The SMILES string of the molecule is Cn1nnnc1Sc1nc(NN)nc(N2CCCCC2)n1. The van der Waals surface area contributed by atoms with Gasteiger partial charge in [0.15, 0.2) is 0 Å². The third-order valence-corrected chi connectivity index (χ3v) is 4.03. The van der Waals surface area contributed by atoms with E-state index in [0.717, 1.165) is 25.9 Å². The number of nitrogens with one attached hydrogen (secondary N) is 1. The van der Waals surface area contributed by atoms with Gasteiger partial charge in [-0.1, -0.05) is 0 Å². The second-order valence-electron chi connectivity index (χ2n) is 4.62. The van der Waals surface area contributed by atoms with Gasteiger partial charge in [0, 0.05) is 20.1 Å².